The van der Waals surface area contributed by atoms with Crippen molar-refractivity contribution >= 4 is 58.4 Å². The molecule has 4 rings (SSSR count). The summed E-state index contributed by atoms with van der Waals surface area (Å²) in [7, 11) is 0. The Morgan fingerprint density at radius 1 is 1.02 bits per heavy atom. The number of benzene rings is 2. The lowest BCUT2D eigenvalue weighted by Gasteiger charge is -2.43. The normalized spacial score (nSPS) is 14.9. The van der Waals surface area contributed by atoms with Crippen molar-refractivity contribution in [1.82, 2.24) is 20.6 Å². The molecule has 232 valence electrons. The zero-order chi connectivity index (χ0) is 32.0. The quantitative estimate of drug-likeness (QED) is 0.221. The van der Waals surface area contributed by atoms with Crippen LogP contribution in [0.25, 0.3) is 0 Å². The number of piperidine rings is 1. The minimum atomic E-state index is -1.52. The van der Waals surface area contributed by atoms with Crippen LogP contribution in [0.3, 0.4) is 0 Å². The number of aromatic nitrogens is 2. The lowest BCUT2D eigenvalue weighted by molar-refractivity contribution is -0.139. The number of aliphatic carboxylic acids is 1. The van der Waals surface area contributed by atoms with Crippen LogP contribution in [0.5, 0.6) is 0 Å². The van der Waals surface area contributed by atoms with Crippen molar-refractivity contribution in [1.29, 1.82) is 0 Å². The number of aromatic amines is 1. The first-order chi connectivity index (χ1) is 20.9. The summed E-state index contributed by atoms with van der Waals surface area (Å²) in [5.74, 6) is -2.81. The molecule has 3 amide bonds. The average Bonchev–Trinajstić information content (AvgIpc) is 2.98. The first-order valence-electron chi connectivity index (χ1n) is 13.9. The van der Waals surface area contributed by atoms with E-state index in [2.05, 4.69) is 30.8 Å². The molecule has 44 heavy (non-hydrogen) atoms. The van der Waals surface area contributed by atoms with Crippen LogP contribution in [0.4, 0.5) is 16.3 Å². The molecular weight excluding hydrogens is 611 g/mol. The number of ketones is 1. The summed E-state index contributed by atoms with van der Waals surface area (Å²) < 4.78 is 0. The number of hydrogen-bond acceptors (Lipinski definition) is 7. The van der Waals surface area contributed by atoms with Crippen molar-refractivity contribution in [3.63, 3.8) is 0 Å². The Morgan fingerprint density at radius 3 is 2.25 bits per heavy atom. The molecule has 2 aromatic carbocycles. The van der Waals surface area contributed by atoms with Gasteiger partial charge >= 0.3 is 17.7 Å². The Hall–Kier alpha value is -4.42. The monoisotopic (exact) mass is 642 g/mol. The van der Waals surface area contributed by atoms with Crippen LogP contribution in [0.15, 0.2) is 59.5 Å². The number of carboxylic acids is 1. The largest absolute Gasteiger partial charge is 0.480 e. The number of H-pyrrole nitrogens is 1. The van der Waals surface area contributed by atoms with E-state index in [1.54, 1.807) is 19.9 Å². The number of para-hydroxylation sites is 1. The third kappa shape index (κ3) is 7.56. The molecule has 0 spiro atoms. The highest BCUT2D eigenvalue weighted by Gasteiger charge is 2.44. The number of nitrogens with zero attached hydrogens (tertiary/aromatic N) is 2. The van der Waals surface area contributed by atoms with Gasteiger partial charge in [-0.25, -0.2) is 19.4 Å². The fraction of sp³-hybridized carbons (Fsp3) is 0.333. The number of carboxylic acid groups (broad SMARTS) is 1. The Labute approximate surface area is 263 Å². The van der Waals surface area contributed by atoms with Crippen LogP contribution in [-0.2, 0) is 16.0 Å². The van der Waals surface area contributed by atoms with Crippen LogP contribution in [0.2, 0.25) is 10.0 Å². The molecular formula is C30H32Cl2N6O6. The highest BCUT2D eigenvalue weighted by molar-refractivity contribution is 6.40. The van der Waals surface area contributed by atoms with Gasteiger partial charge in [0.05, 0.1) is 15.6 Å². The highest BCUT2D eigenvalue weighted by Crippen LogP contribution is 2.30. The molecule has 12 nitrogen and oxygen atoms in total. The fourth-order valence-corrected chi connectivity index (χ4v) is 5.75. The molecule has 1 aliphatic rings. The Kier molecular flexibility index (Phi) is 10.3. The highest BCUT2D eigenvalue weighted by atomic mass is 35.5. The van der Waals surface area contributed by atoms with E-state index in [1.165, 1.54) is 12.1 Å². The summed E-state index contributed by atoms with van der Waals surface area (Å²) in [4.78, 5) is 71.9. The Bertz CT molecular complexity index is 1580. The minimum absolute atomic E-state index is 0.0508. The van der Waals surface area contributed by atoms with Crippen molar-refractivity contribution in [2.45, 2.75) is 44.7 Å². The van der Waals surface area contributed by atoms with E-state index in [-0.39, 0.29) is 45.1 Å². The number of carbonyl (C=O) groups excluding carboxylic acids is 3. The van der Waals surface area contributed by atoms with E-state index in [4.69, 9.17) is 23.2 Å². The number of halogens is 2. The first kappa shape index (κ1) is 32.5. The number of urea groups is 1. The molecule has 1 aromatic heterocycles. The topological polar surface area (TPSA) is 174 Å². The Balaban J connectivity index is 1.51. The summed E-state index contributed by atoms with van der Waals surface area (Å²) in [5.41, 5.74) is -0.937. The zero-order valence-electron chi connectivity index (χ0n) is 24.0. The predicted octanol–water partition coefficient (Wildman–Crippen LogP) is 3.89. The van der Waals surface area contributed by atoms with Crippen molar-refractivity contribution in [2.75, 3.05) is 23.3 Å². The summed E-state index contributed by atoms with van der Waals surface area (Å²) in [5, 5.41) is 17.8. The van der Waals surface area contributed by atoms with Crippen LogP contribution in [0, 0.1) is 5.92 Å². The molecule has 0 aliphatic carbocycles. The zero-order valence-corrected chi connectivity index (χ0v) is 25.5. The Morgan fingerprint density at radius 2 is 1.66 bits per heavy atom. The van der Waals surface area contributed by atoms with E-state index < -0.39 is 35.2 Å². The van der Waals surface area contributed by atoms with Gasteiger partial charge in [0.1, 0.15) is 17.4 Å². The lowest BCUT2D eigenvalue weighted by atomic mass is 9.79. The predicted molar refractivity (Wildman–Crippen MR) is 167 cm³/mol. The third-order valence-corrected chi connectivity index (χ3v) is 8.06. The number of rotatable bonds is 10. The SMILES string of the molecule is CC(C)C(=O)C1(NC(=O)NC(Cc2cnc(=O)[nH]c2NC(=O)c2c(Cl)cccc2Cl)C(=O)O)CCN(c2ccccc2)CC1. The molecule has 14 heteroatoms. The fourth-order valence-electron chi connectivity index (χ4n) is 5.18. The van der Waals surface area contributed by atoms with E-state index >= 15 is 0 Å². The third-order valence-electron chi connectivity index (χ3n) is 7.43. The van der Waals surface area contributed by atoms with E-state index in [0.29, 0.717) is 25.9 Å². The van der Waals surface area contributed by atoms with Gasteiger partial charge in [0, 0.05) is 42.9 Å². The minimum Gasteiger partial charge on any atom is -0.480 e. The van der Waals surface area contributed by atoms with Crippen molar-refractivity contribution in [2.24, 2.45) is 5.92 Å². The van der Waals surface area contributed by atoms with Crippen molar-refractivity contribution in [3.8, 4) is 0 Å². The number of amides is 3. The van der Waals surface area contributed by atoms with Gasteiger partial charge in [-0.05, 0) is 37.1 Å². The number of nitrogens with one attached hydrogen (secondary N) is 4. The van der Waals surface area contributed by atoms with Gasteiger partial charge in [0.25, 0.3) is 5.91 Å². The number of carbonyl (C=O) groups is 4. The van der Waals surface area contributed by atoms with E-state index in [1.807, 2.05) is 30.3 Å². The van der Waals surface area contributed by atoms with Crippen LogP contribution < -0.4 is 26.5 Å². The molecule has 5 N–H and O–H groups in total. The summed E-state index contributed by atoms with van der Waals surface area (Å²) in [6.45, 7) is 4.52. The van der Waals surface area contributed by atoms with Gasteiger partial charge in [-0.2, -0.15) is 0 Å². The van der Waals surface area contributed by atoms with Gasteiger partial charge in [-0.1, -0.05) is 61.3 Å². The number of anilines is 2. The number of Topliss-reactive ketones (excluding diaryl/α,β-unsaturated/α-hetero) is 1. The molecule has 0 saturated carbocycles. The maximum Gasteiger partial charge on any atom is 0.346 e. The van der Waals surface area contributed by atoms with Gasteiger partial charge in [0.2, 0.25) is 0 Å². The molecule has 3 aromatic rings. The first-order valence-corrected chi connectivity index (χ1v) is 14.6. The smallest absolute Gasteiger partial charge is 0.346 e. The second-order valence-electron chi connectivity index (χ2n) is 10.8. The average molecular weight is 644 g/mol. The summed E-state index contributed by atoms with van der Waals surface area (Å²) >= 11 is 12.3. The summed E-state index contributed by atoms with van der Waals surface area (Å²) in [6.07, 6.45) is 1.38. The molecule has 2 heterocycles. The molecule has 0 bridgehead atoms. The molecule has 1 saturated heterocycles. The molecule has 1 atom stereocenters. The van der Waals surface area contributed by atoms with Gasteiger partial charge < -0.3 is 26.0 Å². The van der Waals surface area contributed by atoms with E-state index in [0.717, 1.165) is 11.9 Å². The maximum atomic E-state index is 13.4. The van der Waals surface area contributed by atoms with Crippen LogP contribution in [-0.4, -0.2) is 63.4 Å². The van der Waals surface area contributed by atoms with Gasteiger partial charge in [0.15, 0.2) is 5.78 Å². The van der Waals surface area contributed by atoms with Crippen LogP contribution >= 0.6 is 23.2 Å². The lowest BCUT2D eigenvalue weighted by Crippen LogP contribution is -2.64. The second kappa shape index (κ2) is 13.9. The van der Waals surface area contributed by atoms with Gasteiger partial charge in [-0.3, -0.25) is 14.6 Å². The summed E-state index contributed by atoms with van der Waals surface area (Å²) in [6, 6.07) is 11.8. The van der Waals surface area contributed by atoms with E-state index in [9.17, 15) is 29.1 Å². The second-order valence-corrected chi connectivity index (χ2v) is 11.6. The molecule has 0 radical (unpaired) electrons. The molecule has 1 fully saturated rings. The van der Waals surface area contributed by atoms with Gasteiger partial charge in [-0.15, -0.1) is 0 Å². The van der Waals surface area contributed by atoms with Crippen molar-refractivity contribution < 1.29 is 24.3 Å². The maximum absolute atomic E-state index is 13.4. The van der Waals surface area contributed by atoms with Crippen molar-refractivity contribution in [3.05, 3.63) is 86.4 Å². The standard InChI is InChI=1S/C30H32Cl2N6O6/c1-17(2)24(39)30(11-13-38(14-12-30)19-7-4-3-5-8-19)37-29(44)34-22(27(41)42)15-18-16-33-28(43)36-25(18)35-26(40)23-20(31)9-6-10-21(23)32/h3-10,16-17,22H,11-15H2,1-2H3,(H,41,42)(H2,34,37,44)(H2,33,35,36,40,43). The van der Waals surface area contributed by atoms with Crippen LogP contribution in [0.1, 0.15) is 42.6 Å². The number of hydrogen-bond donors (Lipinski definition) is 5. The molecule has 1 unspecified atom stereocenters. The molecule has 1 aliphatic heterocycles.